The maximum absolute atomic E-state index is 12.0. The third kappa shape index (κ3) is 3.38. The normalized spacial score (nSPS) is 26.2. The molecule has 5 nitrogen and oxygen atoms in total. The number of carbonyl (C=O) groups is 1. The van der Waals surface area contributed by atoms with Crippen LogP contribution in [0.4, 0.5) is 4.79 Å². The van der Waals surface area contributed by atoms with Crippen molar-refractivity contribution in [3.05, 3.63) is 0 Å². The first kappa shape index (κ1) is 14.1. The fourth-order valence-corrected chi connectivity index (χ4v) is 2.87. The van der Waals surface area contributed by atoms with Gasteiger partial charge in [0.05, 0.1) is 12.1 Å². The quantitative estimate of drug-likeness (QED) is 0.728. The largest absolute Gasteiger partial charge is 0.444 e. The van der Waals surface area contributed by atoms with Crippen molar-refractivity contribution in [3.8, 4) is 6.07 Å². The maximum Gasteiger partial charge on any atom is 0.410 e. The standard InChI is InChI=1S/C14H23N3O2/c1-13(2,3)19-12(18)17-8-6-14(7-9-17)5-4-11(10-15)16-14/h11,16H,4-9H2,1-3H3. The molecule has 2 heterocycles. The molecule has 1 spiro atoms. The number of likely N-dealkylation sites (tertiary alicyclic amines) is 1. The second kappa shape index (κ2) is 5.01. The van der Waals surface area contributed by atoms with Crippen LogP contribution in [0.25, 0.3) is 0 Å². The van der Waals surface area contributed by atoms with Gasteiger partial charge >= 0.3 is 6.09 Å². The Labute approximate surface area is 114 Å². The van der Waals surface area contributed by atoms with E-state index in [1.807, 2.05) is 20.8 Å². The highest BCUT2D eigenvalue weighted by Gasteiger charge is 2.42. The summed E-state index contributed by atoms with van der Waals surface area (Å²) in [4.78, 5) is 13.7. The topological polar surface area (TPSA) is 65.4 Å². The summed E-state index contributed by atoms with van der Waals surface area (Å²) in [6.45, 7) is 7.06. The first-order valence-electron chi connectivity index (χ1n) is 6.99. The first-order chi connectivity index (χ1) is 8.84. The monoisotopic (exact) mass is 265 g/mol. The van der Waals surface area contributed by atoms with Crippen LogP contribution in [0, 0.1) is 11.3 Å². The molecule has 0 aliphatic carbocycles. The number of nitrogens with zero attached hydrogens (tertiary/aromatic N) is 2. The van der Waals surface area contributed by atoms with Crippen molar-refractivity contribution >= 4 is 6.09 Å². The van der Waals surface area contributed by atoms with E-state index in [4.69, 9.17) is 10.00 Å². The molecule has 0 aromatic heterocycles. The zero-order valence-corrected chi connectivity index (χ0v) is 12.0. The predicted molar refractivity (Wildman–Crippen MR) is 71.5 cm³/mol. The Balaban J connectivity index is 1.86. The molecule has 0 bridgehead atoms. The predicted octanol–water partition coefficient (Wildman–Crippen LogP) is 2.03. The number of ether oxygens (including phenoxy) is 1. The number of hydrogen-bond acceptors (Lipinski definition) is 4. The average Bonchev–Trinajstić information content (AvgIpc) is 2.71. The van der Waals surface area contributed by atoms with Gasteiger partial charge in [-0.05, 0) is 46.5 Å². The number of carbonyl (C=O) groups excluding carboxylic acids is 1. The zero-order chi connectivity index (χ0) is 14.1. The van der Waals surface area contributed by atoms with Gasteiger partial charge in [0.1, 0.15) is 5.60 Å². The summed E-state index contributed by atoms with van der Waals surface area (Å²) < 4.78 is 5.38. The minimum Gasteiger partial charge on any atom is -0.444 e. The van der Waals surface area contributed by atoms with E-state index in [-0.39, 0.29) is 17.7 Å². The Bertz CT molecular complexity index is 386. The van der Waals surface area contributed by atoms with E-state index in [1.165, 1.54) is 0 Å². The van der Waals surface area contributed by atoms with Gasteiger partial charge in [-0.2, -0.15) is 5.26 Å². The molecular formula is C14H23N3O2. The van der Waals surface area contributed by atoms with E-state index < -0.39 is 5.60 Å². The molecule has 1 N–H and O–H groups in total. The molecule has 2 rings (SSSR count). The van der Waals surface area contributed by atoms with Gasteiger partial charge in [-0.15, -0.1) is 0 Å². The molecule has 2 aliphatic rings. The average molecular weight is 265 g/mol. The fraction of sp³-hybridized carbons (Fsp3) is 0.857. The third-order valence-electron chi connectivity index (χ3n) is 3.92. The fourth-order valence-electron chi connectivity index (χ4n) is 2.87. The Morgan fingerprint density at radius 2 is 2.00 bits per heavy atom. The van der Waals surface area contributed by atoms with E-state index >= 15 is 0 Å². The van der Waals surface area contributed by atoms with Crippen LogP contribution < -0.4 is 5.32 Å². The van der Waals surface area contributed by atoms with E-state index in [2.05, 4.69) is 11.4 Å². The molecule has 0 aromatic rings. The molecule has 106 valence electrons. The van der Waals surface area contributed by atoms with Gasteiger partial charge in [-0.1, -0.05) is 0 Å². The minimum atomic E-state index is -0.441. The minimum absolute atomic E-state index is 0.0203. The summed E-state index contributed by atoms with van der Waals surface area (Å²) in [6.07, 6.45) is 3.54. The van der Waals surface area contributed by atoms with Gasteiger partial charge in [0.2, 0.25) is 0 Å². The lowest BCUT2D eigenvalue weighted by atomic mass is 9.86. The van der Waals surface area contributed by atoms with E-state index in [9.17, 15) is 4.79 Å². The summed E-state index contributed by atoms with van der Waals surface area (Å²) in [5.74, 6) is 0. The molecule has 19 heavy (non-hydrogen) atoms. The zero-order valence-electron chi connectivity index (χ0n) is 12.0. The Morgan fingerprint density at radius 1 is 1.37 bits per heavy atom. The Morgan fingerprint density at radius 3 is 2.47 bits per heavy atom. The highest BCUT2D eigenvalue weighted by Crippen LogP contribution is 2.33. The molecular weight excluding hydrogens is 242 g/mol. The van der Waals surface area contributed by atoms with Crippen LogP contribution in [-0.2, 0) is 4.74 Å². The number of nitrogens with one attached hydrogen (secondary N) is 1. The molecule has 1 atom stereocenters. The number of rotatable bonds is 0. The molecule has 0 radical (unpaired) electrons. The molecule has 2 aliphatic heterocycles. The van der Waals surface area contributed by atoms with Crippen molar-refractivity contribution in [3.63, 3.8) is 0 Å². The highest BCUT2D eigenvalue weighted by molar-refractivity contribution is 5.68. The lowest BCUT2D eigenvalue weighted by molar-refractivity contribution is 0.0157. The molecule has 5 heteroatoms. The van der Waals surface area contributed by atoms with Gasteiger partial charge in [0.15, 0.2) is 0 Å². The van der Waals surface area contributed by atoms with Gasteiger partial charge in [0, 0.05) is 18.6 Å². The van der Waals surface area contributed by atoms with Crippen molar-refractivity contribution in [1.82, 2.24) is 10.2 Å². The van der Waals surface area contributed by atoms with Crippen molar-refractivity contribution in [2.75, 3.05) is 13.1 Å². The Kier molecular flexibility index (Phi) is 3.73. The summed E-state index contributed by atoms with van der Waals surface area (Å²) in [5.41, 5.74) is -0.372. The van der Waals surface area contributed by atoms with Crippen LogP contribution in [0.5, 0.6) is 0 Å². The van der Waals surface area contributed by atoms with Crippen molar-refractivity contribution in [2.45, 2.75) is 63.6 Å². The van der Waals surface area contributed by atoms with Crippen LogP contribution in [0.1, 0.15) is 46.5 Å². The van der Waals surface area contributed by atoms with Crippen LogP contribution in [0.2, 0.25) is 0 Å². The van der Waals surface area contributed by atoms with Gasteiger partial charge in [-0.25, -0.2) is 4.79 Å². The summed E-state index contributed by atoms with van der Waals surface area (Å²) in [5, 5.41) is 12.4. The molecule has 2 saturated heterocycles. The molecule has 2 fully saturated rings. The van der Waals surface area contributed by atoms with Gasteiger partial charge < -0.3 is 9.64 Å². The second-order valence-corrected chi connectivity index (χ2v) is 6.61. The number of amides is 1. The molecule has 0 saturated carbocycles. The maximum atomic E-state index is 12.0. The highest BCUT2D eigenvalue weighted by atomic mass is 16.6. The SMILES string of the molecule is CC(C)(C)OC(=O)N1CCC2(CCC(C#N)N2)CC1. The van der Waals surface area contributed by atoms with Gasteiger partial charge in [0.25, 0.3) is 0 Å². The molecule has 1 amide bonds. The van der Waals surface area contributed by atoms with Crippen LogP contribution in [0.3, 0.4) is 0 Å². The number of nitriles is 1. The Hall–Kier alpha value is -1.28. The van der Waals surface area contributed by atoms with Crippen molar-refractivity contribution in [2.24, 2.45) is 0 Å². The van der Waals surface area contributed by atoms with E-state index in [1.54, 1.807) is 4.90 Å². The second-order valence-electron chi connectivity index (χ2n) is 6.61. The van der Waals surface area contributed by atoms with Crippen LogP contribution >= 0.6 is 0 Å². The summed E-state index contributed by atoms with van der Waals surface area (Å²) >= 11 is 0. The lowest BCUT2D eigenvalue weighted by Gasteiger charge is -2.40. The first-order valence-corrected chi connectivity index (χ1v) is 6.99. The third-order valence-corrected chi connectivity index (χ3v) is 3.92. The smallest absolute Gasteiger partial charge is 0.410 e. The molecule has 0 aromatic carbocycles. The lowest BCUT2D eigenvalue weighted by Crippen LogP contribution is -2.53. The number of piperidine rings is 1. The number of hydrogen-bond donors (Lipinski definition) is 1. The summed E-state index contributed by atoms with van der Waals surface area (Å²) in [7, 11) is 0. The van der Waals surface area contributed by atoms with E-state index in [0.717, 1.165) is 25.7 Å². The molecule has 1 unspecified atom stereocenters. The van der Waals surface area contributed by atoms with Gasteiger partial charge in [-0.3, -0.25) is 5.32 Å². The summed E-state index contributed by atoms with van der Waals surface area (Å²) in [6, 6.07) is 2.26. The van der Waals surface area contributed by atoms with Crippen LogP contribution in [0.15, 0.2) is 0 Å². The van der Waals surface area contributed by atoms with Crippen molar-refractivity contribution < 1.29 is 9.53 Å². The van der Waals surface area contributed by atoms with Crippen molar-refractivity contribution in [1.29, 1.82) is 5.26 Å². The van der Waals surface area contributed by atoms with Crippen LogP contribution in [-0.4, -0.2) is 41.3 Å². The van der Waals surface area contributed by atoms with E-state index in [0.29, 0.717) is 13.1 Å².